The number of halogens is 3. The molecule has 4 aromatic rings. The monoisotopic (exact) mass is 554 g/mol. The Labute approximate surface area is 198 Å². The first-order valence-electron chi connectivity index (χ1n) is 9.16. The van der Waals surface area contributed by atoms with Crippen LogP contribution in [0.2, 0.25) is 0 Å². The SMILES string of the molecule is O=C(Nc1ccc2nc(-c3cscn3)n(OC(=O)C(F)(F)F)c2c1)[AsH]c1cccc([N+](=O)O)c1. The zero-order chi connectivity index (χ0) is 24.5. The number of benzene rings is 2. The minimum atomic E-state index is -5.24. The fourth-order valence-corrected chi connectivity index (χ4v) is 5.19. The topological polar surface area (TPSA) is 126 Å². The maximum absolute atomic E-state index is 12.8. The van der Waals surface area contributed by atoms with E-state index < -0.39 is 27.9 Å². The summed E-state index contributed by atoms with van der Waals surface area (Å²) >= 11 is -0.285. The molecular weight excluding hydrogens is 542 g/mol. The number of anilines is 1. The second kappa shape index (κ2) is 9.23. The van der Waals surface area contributed by atoms with Gasteiger partial charge in [-0.2, -0.15) is 0 Å². The fraction of sp³-hybridized carbons (Fsp3) is 0.0526. The minimum absolute atomic E-state index is 0.00248. The molecule has 0 aliphatic rings. The van der Waals surface area contributed by atoms with Gasteiger partial charge in [0.05, 0.1) is 0 Å². The molecule has 0 fully saturated rings. The number of carbonyl (C=O) groups is 2. The van der Waals surface area contributed by atoms with Crippen molar-refractivity contribution in [2.75, 3.05) is 5.32 Å². The molecule has 15 heteroatoms. The number of thiazole rings is 1. The molecule has 2 heterocycles. The summed E-state index contributed by atoms with van der Waals surface area (Å²) in [6.45, 7) is 0. The second-order valence-electron chi connectivity index (χ2n) is 6.59. The first-order valence-corrected chi connectivity index (χ1v) is 12.2. The molecule has 0 aliphatic heterocycles. The van der Waals surface area contributed by atoms with Gasteiger partial charge in [-0.3, -0.25) is 0 Å². The van der Waals surface area contributed by atoms with Gasteiger partial charge in [-0.1, -0.05) is 0 Å². The van der Waals surface area contributed by atoms with Gasteiger partial charge < -0.3 is 0 Å². The van der Waals surface area contributed by atoms with Crippen molar-refractivity contribution in [2.45, 2.75) is 6.18 Å². The summed E-state index contributed by atoms with van der Waals surface area (Å²) in [5.41, 5.74) is 2.04. The Morgan fingerprint density at radius 1 is 1.21 bits per heavy atom. The molecule has 34 heavy (non-hydrogen) atoms. The van der Waals surface area contributed by atoms with E-state index in [1.165, 1.54) is 58.6 Å². The van der Waals surface area contributed by atoms with Crippen molar-refractivity contribution in [2.24, 2.45) is 0 Å². The summed E-state index contributed by atoms with van der Waals surface area (Å²) in [6.07, 6.45) is -5.24. The standard InChI is InChI=1S/C19H11AsF3N5O5S/c21-19(22,23)17(29)33-27-15-7-11(4-5-13(15)26-16(27)14-8-34-9-24-14)25-18(30)20-10-2-1-3-12(6-10)28(31)32/h1-9,20H,(H-,25,30,31,32)/p+1. The van der Waals surface area contributed by atoms with Crippen LogP contribution in [0.4, 0.5) is 29.3 Å². The van der Waals surface area contributed by atoms with Crippen molar-refractivity contribution in [1.29, 1.82) is 0 Å². The van der Waals surface area contributed by atoms with E-state index in [0.29, 0.717) is 9.08 Å². The van der Waals surface area contributed by atoms with Crippen LogP contribution in [0.5, 0.6) is 0 Å². The van der Waals surface area contributed by atoms with E-state index in [1.54, 1.807) is 6.07 Å². The number of alkyl halides is 3. The molecule has 1 amide bonds. The third kappa shape index (κ3) is 5.07. The van der Waals surface area contributed by atoms with Crippen LogP contribution in [0.15, 0.2) is 53.4 Å². The molecule has 0 radical (unpaired) electrons. The summed E-state index contributed by atoms with van der Waals surface area (Å²) in [6, 6.07) is 10.1. The number of fused-ring (bicyclic) bond motifs is 1. The summed E-state index contributed by atoms with van der Waals surface area (Å²) < 4.78 is 39.3. The van der Waals surface area contributed by atoms with Crippen molar-refractivity contribution in [3.63, 3.8) is 0 Å². The summed E-state index contributed by atoms with van der Waals surface area (Å²) in [7, 11) is 0. The van der Waals surface area contributed by atoms with Crippen LogP contribution in [0.3, 0.4) is 0 Å². The predicted octanol–water partition coefficient (Wildman–Crippen LogP) is 2.77. The average Bonchev–Trinajstić information content (AvgIpc) is 3.41. The Kier molecular flexibility index (Phi) is 6.35. The van der Waals surface area contributed by atoms with Crippen molar-refractivity contribution in [1.82, 2.24) is 14.7 Å². The van der Waals surface area contributed by atoms with Crippen LogP contribution >= 0.6 is 11.3 Å². The van der Waals surface area contributed by atoms with E-state index >= 15 is 0 Å². The molecule has 1 atom stereocenters. The third-order valence-corrected chi connectivity index (χ3v) is 6.85. The van der Waals surface area contributed by atoms with E-state index in [-0.39, 0.29) is 43.5 Å². The first kappa shape index (κ1) is 23.4. The van der Waals surface area contributed by atoms with Crippen molar-refractivity contribution in [3.8, 4) is 11.5 Å². The van der Waals surface area contributed by atoms with Gasteiger partial charge in [0, 0.05) is 0 Å². The first-order chi connectivity index (χ1) is 16.1. The second-order valence-corrected chi connectivity index (χ2v) is 9.99. The predicted molar refractivity (Wildman–Crippen MR) is 116 cm³/mol. The number of hydrogen-bond donors (Lipinski definition) is 2. The fourth-order valence-electron chi connectivity index (χ4n) is 2.84. The van der Waals surface area contributed by atoms with Crippen LogP contribution in [-0.2, 0) is 4.79 Å². The van der Waals surface area contributed by atoms with Gasteiger partial charge in [0.25, 0.3) is 0 Å². The number of carbonyl (C=O) groups excluding carboxylic acids is 2. The zero-order valence-electron chi connectivity index (χ0n) is 16.6. The van der Waals surface area contributed by atoms with Gasteiger partial charge in [0.2, 0.25) is 0 Å². The number of rotatable bonds is 6. The van der Waals surface area contributed by atoms with Crippen LogP contribution < -0.4 is 14.5 Å². The third-order valence-electron chi connectivity index (χ3n) is 4.26. The Bertz CT molecular complexity index is 1410. The molecule has 10 nitrogen and oxygen atoms in total. The maximum atomic E-state index is 12.8. The number of aromatic nitrogens is 3. The summed E-state index contributed by atoms with van der Waals surface area (Å²) in [4.78, 5) is 47.5. The van der Waals surface area contributed by atoms with Crippen LogP contribution in [0.1, 0.15) is 0 Å². The number of imidazole rings is 1. The van der Waals surface area contributed by atoms with E-state index in [9.17, 15) is 27.7 Å². The Morgan fingerprint density at radius 2 is 2.00 bits per heavy atom. The summed E-state index contributed by atoms with van der Waals surface area (Å²) in [5.74, 6) is -2.56. The normalized spacial score (nSPS) is 11.7. The zero-order valence-corrected chi connectivity index (χ0v) is 19.5. The Balaban J connectivity index is 1.64. The molecule has 0 aliphatic carbocycles. The van der Waals surface area contributed by atoms with Gasteiger partial charge in [-0.25, -0.2) is 0 Å². The van der Waals surface area contributed by atoms with Gasteiger partial charge in [-0.05, 0) is 0 Å². The molecule has 2 aromatic carbocycles. The van der Waals surface area contributed by atoms with E-state index in [4.69, 9.17) is 5.21 Å². The van der Waals surface area contributed by atoms with E-state index in [2.05, 4.69) is 20.1 Å². The number of nitrogens with zero attached hydrogens (tertiary/aromatic N) is 4. The molecule has 0 spiro atoms. The van der Waals surface area contributed by atoms with Crippen molar-refractivity contribution >= 4 is 64.5 Å². The van der Waals surface area contributed by atoms with Crippen molar-refractivity contribution in [3.05, 3.63) is 58.3 Å². The molecule has 1 unspecified atom stereocenters. The van der Waals surface area contributed by atoms with Crippen LogP contribution in [0.25, 0.3) is 22.6 Å². The number of hydrogen-bond acceptors (Lipinski definition) is 7. The molecular formula is C19H12AsF3N5O5S+. The van der Waals surface area contributed by atoms with E-state index in [1.807, 2.05) is 0 Å². The molecule has 0 bridgehead atoms. The summed E-state index contributed by atoms with van der Waals surface area (Å²) in [5, 5.41) is 13.2. The molecule has 0 saturated heterocycles. The molecule has 2 aromatic heterocycles. The van der Waals surface area contributed by atoms with Crippen molar-refractivity contribution < 1.29 is 37.7 Å². The Hall–Kier alpha value is -3.77. The van der Waals surface area contributed by atoms with Crippen LogP contribution in [0, 0.1) is 4.91 Å². The number of amides is 1. The quantitative estimate of drug-likeness (QED) is 0.277. The van der Waals surface area contributed by atoms with Crippen LogP contribution in [-0.4, -0.2) is 57.4 Å². The van der Waals surface area contributed by atoms with E-state index in [0.717, 1.165) is 0 Å². The van der Waals surface area contributed by atoms with Gasteiger partial charge in [0.1, 0.15) is 0 Å². The molecule has 2 N–H and O–H groups in total. The van der Waals surface area contributed by atoms with Gasteiger partial charge >= 0.3 is 198 Å². The molecule has 4 rings (SSSR count). The van der Waals surface area contributed by atoms with Gasteiger partial charge in [0.15, 0.2) is 0 Å². The molecule has 0 saturated carbocycles. The Morgan fingerprint density at radius 3 is 2.68 bits per heavy atom. The van der Waals surface area contributed by atoms with Gasteiger partial charge in [-0.15, -0.1) is 0 Å². The average molecular weight is 554 g/mol. The number of nitrogens with one attached hydrogen (secondary N) is 1. The molecule has 174 valence electrons.